The fourth-order valence-corrected chi connectivity index (χ4v) is 1.27. The van der Waals surface area contributed by atoms with E-state index in [1.807, 2.05) is 0 Å². The normalized spacial score (nSPS) is 9.44. The van der Waals surface area contributed by atoms with Gasteiger partial charge in [-0.05, 0) is 25.0 Å². The molecule has 0 aliphatic heterocycles. The minimum absolute atomic E-state index is 0.282. The Hall–Kier alpha value is -2.09. The van der Waals surface area contributed by atoms with Crippen molar-refractivity contribution < 1.29 is 4.79 Å². The standard InChI is InChI=1S/C11H14N4O/c12-8-9-4-3-7-15-11(9)14-6-2-1-5-10(13)16/h3-4,7H,1-2,5-6H2,(H2,13,16)(H,14,15). The van der Waals surface area contributed by atoms with E-state index in [4.69, 9.17) is 11.0 Å². The van der Waals surface area contributed by atoms with Crippen molar-refractivity contribution in [3.63, 3.8) is 0 Å². The molecule has 0 saturated heterocycles. The number of hydrogen-bond donors (Lipinski definition) is 2. The Balaban J connectivity index is 2.32. The van der Waals surface area contributed by atoms with E-state index in [0.717, 1.165) is 12.8 Å². The largest absolute Gasteiger partial charge is 0.370 e. The Kier molecular flexibility index (Phi) is 4.80. The van der Waals surface area contributed by atoms with Crippen molar-refractivity contribution in [1.82, 2.24) is 4.98 Å². The molecule has 0 aliphatic rings. The minimum Gasteiger partial charge on any atom is -0.370 e. The molecule has 0 aromatic carbocycles. The average Bonchev–Trinajstić information content (AvgIpc) is 2.29. The number of amides is 1. The zero-order valence-corrected chi connectivity index (χ0v) is 8.94. The summed E-state index contributed by atoms with van der Waals surface area (Å²) in [5.74, 6) is 0.305. The molecule has 1 amide bonds. The third-order valence-corrected chi connectivity index (χ3v) is 2.07. The lowest BCUT2D eigenvalue weighted by Gasteiger charge is -2.05. The lowest BCUT2D eigenvalue weighted by molar-refractivity contribution is -0.118. The number of anilines is 1. The van der Waals surface area contributed by atoms with Crippen LogP contribution < -0.4 is 11.1 Å². The van der Waals surface area contributed by atoms with E-state index in [0.29, 0.717) is 24.3 Å². The molecule has 16 heavy (non-hydrogen) atoms. The number of hydrogen-bond acceptors (Lipinski definition) is 4. The number of unbranched alkanes of at least 4 members (excludes halogenated alkanes) is 1. The van der Waals surface area contributed by atoms with E-state index >= 15 is 0 Å². The Bertz CT molecular complexity index is 397. The Morgan fingerprint density at radius 2 is 2.38 bits per heavy atom. The third-order valence-electron chi connectivity index (χ3n) is 2.07. The van der Waals surface area contributed by atoms with Gasteiger partial charge in [-0.25, -0.2) is 4.98 Å². The van der Waals surface area contributed by atoms with Gasteiger partial charge in [0.1, 0.15) is 11.9 Å². The lowest BCUT2D eigenvalue weighted by atomic mass is 10.2. The fourth-order valence-electron chi connectivity index (χ4n) is 1.27. The lowest BCUT2D eigenvalue weighted by Crippen LogP contribution is -2.11. The maximum atomic E-state index is 10.5. The fraction of sp³-hybridized carbons (Fsp3) is 0.364. The van der Waals surface area contributed by atoms with Crippen LogP contribution in [0.2, 0.25) is 0 Å². The van der Waals surface area contributed by atoms with Gasteiger partial charge < -0.3 is 11.1 Å². The van der Waals surface area contributed by atoms with Crippen molar-refractivity contribution in [2.75, 3.05) is 11.9 Å². The summed E-state index contributed by atoms with van der Waals surface area (Å²) < 4.78 is 0. The van der Waals surface area contributed by atoms with Gasteiger partial charge in [0.15, 0.2) is 0 Å². The molecule has 0 saturated carbocycles. The monoisotopic (exact) mass is 218 g/mol. The predicted octanol–water partition coefficient (Wildman–Crippen LogP) is 1.02. The summed E-state index contributed by atoms with van der Waals surface area (Å²) in [6, 6.07) is 5.48. The second kappa shape index (κ2) is 6.40. The van der Waals surface area contributed by atoms with Crippen LogP contribution in [0.5, 0.6) is 0 Å². The maximum Gasteiger partial charge on any atom is 0.217 e. The smallest absolute Gasteiger partial charge is 0.217 e. The number of carbonyl (C=O) groups excluding carboxylic acids is 1. The minimum atomic E-state index is -0.282. The molecule has 84 valence electrons. The van der Waals surface area contributed by atoms with Crippen molar-refractivity contribution in [3.05, 3.63) is 23.9 Å². The first-order chi connectivity index (χ1) is 7.74. The number of pyridine rings is 1. The quantitative estimate of drug-likeness (QED) is 0.697. The molecule has 1 aromatic heterocycles. The number of primary amides is 1. The Labute approximate surface area is 94.3 Å². The summed E-state index contributed by atoms with van der Waals surface area (Å²) in [4.78, 5) is 14.5. The predicted molar refractivity (Wildman–Crippen MR) is 60.5 cm³/mol. The van der Waals surface area contributed by atoms with Crippen LogP contribution in [-0.4, -0.2) is 17.4 Å². The molecule has 5 nitrogen and oxygen atoms in total. The topological polar surface area (TPSA) is 91.8 Å². The number of nitrogens with one attached hydrogen (secondary N) is 1. The van der Waals surface area contributed by atoms with Gasteiger partial charge in [-0.3, -0.25) is 4.79 Å². The molecule has 0 atom stereocenters. The van der Waals surface area contributed by atoms with E-state index in [-0.39, 0.29) is 5.91 Å². The molecule has 1 aromatic rings. The molecule has 0 spiro atoms. The molecular formula is C11H14N4O. The van der Waals surface area contributed by atoms with Crippen LogP contribution in [0.3, 0.4) is 0 Å². The first-order valence-corrected chi connectivity index (χ1v) is 5.11. The molecular weight excluding hydrogens is 204 g/mol. The number of nitrogens with two attached hydrogens (primary N) is 1. The molecule has 5 heteroatoms. The van der Waals surface area contributed by atoms with Gasteiger partial charge in [0.05, 0.1) is 5.56 Å². The molecule has 3 N–H and O–H groups in total. The van der Waals surface area contributed by atoms with Crippen molar-refractivity contribution in [3.8, 4) is 6.07 Å². The highest BCUT2D eigenvalue weighted by Gasteiger charge is 2.00. The van der Waals surface area contributed by atoms with E-state index in [2.05, 4.69) is 16.4 Å². The maximum absolute atomic E-state index is 10.5. The number of rotatable bonds is 6. The summed E-state index contributed by atoms with van der Waals surface area (Å²) in [6.07, 6.45) is 3.60. The van der Waals surface area contributed by atoms with Gasteiger partial charge >= 0.3 is 0 Å². The molecule has 0 unspecified atom stereocenters. The summed E-state index contributed by atoms with van der Waals surface area (Å²) in [6.45, 7) is 0.680. The number of carbonyl (C=O) groups is 1. The second-order valence-electron chi connectivity index (χ2n) is 3.36. The van der Waals surface area contributed by atoms with E-state index < -0.39 is 0 Å². The molecule has 0 radical (unpaired) electrons. The summed E-state index contributed by atoms with van der Waals surface area (Å²) in [5.41, 5.74) is 5.54. The highest BCUT2D eigenvalue weighted by atomic mass is 16.1. The van der Waals surface area contributed by atoms with Gasteiger partial charge in [-0.15, -0.1) is 0 Å². The van der Waals surface area contributed by atoms with Crippen molar-refractivity contribution >= 4 is 11.7 Å². The van der Waals surface area contributed by atoms with Crippen molar-refractivity contribution in [2.45, 2.75) is 19.3 Å². The van der Waals surface area contributed by atoms with Crippen LogP contribution in [0, 0.1) is 11.3 Å². The number of aromatic nitrogens is 1. The SMILES string of the molecule is N#Cc1cccnc1NCCCCC(N)=O. The highest BCUT2D eigenvalue weighted by molar-refractivity contribution is 5.73. The molecule has 1 rings (SSSR count). The third kappa shape index (κ3) is 3.96. The number of nitriles is 1. The number of nitrogens with zero attached hydrogens (tertiary/aromatic N) is 2. The Morgan fingerprint density at radius 1 is 1.56 bits per heavy atom. The average molecular weight is 218 g/mol. The van der Waals surface area contributed by atoms with Gasteiger partial charge in [0, 0.05) is 19.2 Å². The van der Waals surface area contributed by atoms with Crippen LogP contribution in [0.25, 0.3) is 0 Å². The van der Waals surface area contributed by atoms with Crippen LogP contribution in [0.4, 0.5) is 5.82 Å². The second-order valence-corrected chi connectivity index (χ2v) is 3.36. The highest BCUT2D eigenvalue weighted by Crippen LogP contribution is 2.09. The van der Waals surface area contributed by atoms with Gasteiger partial charge in [0.25, 0.3) is 0 Å². The Morgan fingerprint density at radius 3 is 3.06 bits per heavy atom. The molecule has 1 heterocycles. The van der Waals surface area contributed by atoms with E-state index in [1.54, 1.807) is 18.3 Å². The van der Waals surface area contributed by atoms with E-state index in [9.17, 15) is 4.79 Å². The van der Waals surface area contributed by atoms with Crippen LogP contribution in [-0.2, 0) is 4.79 Å². The van der Waals surface area contributed by atoms with Gasteiger partial charge in [-0.2, -0.15) is 5.26 Å². The van der Waals surface area contributed by atoms with Crippen molar-refractivity contribution in [1.29, 1.82) is 5.26 Å². The summed E-state index contributed by atoms with van der Waals surface area (Å²) >= 11 is 0. The summed E-state index contributed by atoms with van der Waals surface area (Å²) in [7, 11) is 0. The van der Waals surface area contributed by atoms with E-state index in [1.165, 1.54) is 0 Å². The first kappa shape index (κ1) is 12.0. The van der Waals surface area contributed by atoms with Crippen LogP contribution in [0.15, 0.2) is 18.3 Å². The molecule has 0 fully saturated rings. The zero-order chi connectivity index (χ0) is 11.8. The summed E-state index contributed by atoms with van der Waals surface area (Å²) in [5, 5.41) is 11.9. The van der Waals surface area contributed by atoms with Gasteiger partial charge in [-0.1, -0.05) is 0 Å². The zero-order valence-electron chi connectivity index (χ0n) is 8.94. The molecule has 0 aliphatic carbocycles. The van der Waals surface area contributed by atoms with Crippen LogP contribution in [0.1, 0.15) is 24.8 Å². The first-order valence-electron chi connectivity index (χ1n) is 5.11. The van der Waals surface area contributed by atoms with Crippen molar-refractivity contribution in [2.24, 2.45) is 5.73 Å². The van der Waals surface area contributed by atoms with Gasteiger partial charge in [0.2, 0.25) is 5.91 Å². The molecule has 0 bridgehead atoms. The van der Waals surface area contributed by atoms with Crippen LogP contribution >= 0.6 is 0 Å².